The molecular formula is C11H12N4OS2. The molecule has 0 spiro atoms. The number of nitrogens with zero attached hydrogens (tertiary/aromatic N) is 4. The van der Waals surface area contributed by atoms with Crippen molar-refractivity contribution in [2.75, 3.05) is 31.1 Å². The number of aromatic nitrogens is 2. The Labute approximate surface area is 113 Å². The van der Waals surface area contributed by atoms with Gasteiger partial charge in [0, 0.05) is 43.1 Å². The summed E-state index contributed by atoms with van der Waals surface area (Å²) in [6, 6.07) is 0. The molecule has 94 valence electrons. The number of amides is 1. The van der Waals surface area contributed by atoms with Crippen molar-refractivity contribution in [3.8, 4) is 0 Å². The fourth-order valence-corrected chi connectivity index (χ4v) is 3.18. The average molecular weight is 280 g/mol. The van der Waals surface area contributed by atoms with Crippen LogP contribution in [-0.4, -0.2) is 47.0 Å². The fourth-order valence-electron chi connectivity index (χ4n) is 1.95. The fraction of sp³-hybridized carbons (Fsp3) is 0.364. The van der Waals surface area contributed by atoms with E-state index in [1.807, 2.05) is 16.5 Å². The second-order valence-corrected chi connectivity index (χ2v) is 5.56. The van der Waals surface area contributed by atoms with Crippen molar-refractivity contribution in [1.82, 2.24) is 14.9 Å². The molecule has 3 rings (SSSR count). The average Bonchev–Trinajstić information content (AvgIpc) is 3.11. The van der Waals surface area contributed by atoms with E-state index in [2.05, 4.69) is 14.9 Å². The van der Waals surface area contributed by atoms with Crippen LogP contribution in [0.3, 0.4) is 0 Å². The number of rotatable bonds is 2. The highest BCUT2D eigenvalue weighted by atomic mass is 32.1. The third kappa shape index (κ3) is 2.23. The zero-order chi connectivity index (χ0) is 12.4. The maximum atomic E-state index is 12.1. The predicted molar refractivity (Wildman–Crippen MR) is 72.3 cm³/mol. The quantitative estimate of drug-likeness (QED) is 0.837. The molecule has 2 aromatic heterocycles. The molecule has 0 bridgehead atoms. The summed E-state index contributed by atoms with van der Waals surface area (Å²) in [7, 11) is 0. The van der Waals surface area contributed by atoms with Gasteiger partial charge in [-0.2, -0.15) is 0 Å². The molecule has 0 unspecified atom stereocenters. The molecular weight excluding hydrogens is 268 g/mol. The summed E-state index contributed by atoms with van der Waals surface area (Å²) in [6.07, 6.45) is 1.81. The van der Waals surface area contributed by atoms with E-state index in [4.69, 9.17) is 0 Å². The monoisotopic (exact) mass is 280 g/mol. The van der Waals surface area contributed by atoms with E-state index < -0.39 is 0 Å². The number of piperazine rings is 1. The third-order valence-electron chi connectivity index (χ3n) is 2.91. The van der Waals surface area contributed by atoms with Crippen LogP contribution in [0.1, 0.15) is 10.5 Å². The van der Waals surface area contributed by atoms with Crippen molar-refractivity contribution in [3.63, 3.8) is 0 Å². The van der Waals surface area contributed by atoms with Gasteiger partial charge in [0.05, 0.1) is 5.51 Å². The van der Waals surface area contributed by atoms with Crippen LogP contribution in [0.4, 0.5) is 5.13 Å². The second kappa shape index (κ2) is 5.03. The molecule has 0 radical (unpaired) electrons. The lowest BCUT2D eigenvalue weighted by Crippen LogP contribution is -2.48. The Morgan fingerprint density at radius 2 is 2.06 bits per heavy atom. The number of thiazole rings is 2. The molecule has 0 atom stereocenters. The summed E-state index contributed by atoms with van der Waals surface area (Å²) in [5, 5.41) is 4.81. The minimum atomic E-state index is 0.0371. The van der Waals surface area contributed by atoms with E-state index in [9.17, 15) is 4.79 Å². The summed E-state index contributed by atoms with van der Waals surface area (Å²) in [6.45, 7) is 3.14. The minimum Gasteiger partial charge on any atom is -0.345 e. The molecule has 3 heterocycles. The molecule has 0 aromatic carbocycles. The zero-order valence-corrected chi connectivity index (χ0v) is 11.3. The Hall–Kier alpha value is -1.47. The van der Waals surface area contributed by atoms with Gasteiger partial charge in [0.1, 0.15) is 5.69 Å². The molecule has 0 saturated carbocycles. The van der Waals surface area contributed by atoms with E-state index in [-0.39, 0.29) is 5.91 Å². The molecule has 1 aliphatic heterocycles. The molecule has 1 saturated heterocycles. The SMILES string of the molecule is O=C(c1cscn1)N1CCN(c2nccs2)CC1. The highest BCUT2D eigenvalue weighted by Crippen LogP contribution is 2.19. The highest BCUT2D eigenvalue weighted by molar-refractivity contribution is 7.13. The molecule has 18 heavy (non-hydrogen) atoms. The van der Waals surface area contributed by atoms with Crippen molar-refractivity contribution in [2.45, 2.75) is 0 Å². The summed E-state index contributed by atoms with van der Waals surface area (Å²) in [5.74, 6) is 0.0371. The molecule has 0 N–H and O–H groups in total. The van der Waals surface area contributed by atoms with Crippen LogP contribution in [0.2, 0.25) is 0 Å². The van der Waals surface area contributed by atoms with Gasteiger partial charge in [-0.1, -0.05) is 0 Å². The lowest BCUT2D eigenvalue weighted by atomic mass is 10.3. The summed E-state index contributed by atoms with van der Waals surface area (Å²) in [4.78, 5) is 24.5. The van der Waals surface area contributed by atoms with Crippen LogP contribution >= 0.6 is 22.7 Å². The van der Waals surface area contributed by atoms with Crippen LogP contribution in [0.5, 0.6) is 0 Å². The van der Waals surface area contributed by atoms with Crippen molar-refractivity contribution >= 4 is 33.7 Å². The third-order valence-corrected chi connectivity index (χ3v) is 4.33. The number of hydrogen-bond acceptors (Lipinski definition) is 6. The molecule has 1 fully saturated rings. The van der Waals surface area contributed by atoms with E-state index in [1.54, 1.807) is 22.2 Å². The Morgan fingerprint density at radius 1 is 1.22 bits per heavy atom. The first-order valence-corrected chi connectivity index (χ1v) is 7.49. The van der Waals surface area contributed by atoms with E-state index in [0.29, 0.717) is 5.69 Å². The minimum absolute atomic E-state index is 0.0371. The molecule has 0 aliphatic carbocycles. The maximum absolute atomic E-state index is 12.1. The van der Waals surface area contributed by atoms with Gasteiger partial charge in [-0.15, -0.1) is 22.7 Å². The van der Waals surface area contributed by atoms with Crippen molar-refractivity contribution in [3.05, 3.63) is 28.2 Å². The lowest BCUT2D eigenvalue weighted by Gasteiger charge is -2.34. The number of anilines is 1. The van der Waals surface area contributed by atoms with Gasteiger partial charge in [0.2, 0.25) is 0 Å². The molecule has 2 aromatic rings. The largest absolute Gasteiger partial charge is 0.345 e. The Bertz CT molecular complexity index is 503. The number of carbonyl (C=O) groups is 1. The highest BCUT2D eigenvalue weighted by Gasteiger charge is 2.23. The van der Waals surface area contributed by atoms with Crippen LogP contribution in [0.15, 0.2) is 22.5 Å². The first kappa shape index (κ1) is 11.6. The molecule has 7 heteroatoms. The number of hydrogen-bond donors (Lipinski definition) is 0. The summed E-state index contributed by atoms with van der Waals surface area (Å²) in [5.41, 5.74) is 2.25. The van der Waals surface area contributed by atoms with E-state index in [1.165, 1.54) is 11.3 Å². The van der Waals surface area contributed by atoms with E-state index >= 15 is 0 Å². The smallest absolute Gasteiger partial charge is 0.273 e. The van der Waals surface area contributed by atoms with Crippen molar-refractivity contribution < 1.29 is 4.79 Å². The van der Waals surface area contributed by atoms with Gasteiger partial charge in [0.25, 0.3) is 5.91 Å². The summed E-state index contributed by atoms with van der Waals surface area (Å²) < 4.78 is 0. The zero-order valence-electron chi connectivity index (χ0n) is 9.65. The second-order valence-electron chi connectivity index (χ2n) is 3.97. The van der Waals surface area contributed by atoms with Crippen LogP contribution in [0.25, 0.3) is 0 Å². The Kier molecular flexibility index (Phi) is 3.24. The number of carbonyl (C=O) groups excluding carboxylic acids is 1. The van der Waals surface area contributed by atoms with Crippen LogP contribution < -0.4 is 4.90 Å². The van der Waals surface area contributed by atoms with Crippen molar-refractivity contribution in [1.29, 1.82) is 0 Å². The topological polar surface area (TPSA) is 49.3 Å². The first-order chi connectivity index (χ1) is 8.84. The van der Waals surface area contributed by atoms with E-state index in [0.717, 1.165) is 31.3 Å². The maximum Gasteiger partial charge on any atom is 0.273 e. The van der Waals surface area contributed by atoms with Crippen LogP contribution in [-0.2, 0) is 0 Å². The standard InChI is InChI=1S/C11H12N4OS2/c16-10(9-7-17-8-13-9)14-2-4-15(5-3-14)11-12-1-6-18-11/h1,6-8H,2-5H2. The Balaban J connectivity index is 1.62. The first-order valence-electron chi connectivity index (χ1n) is 5.66. The van der Waals surface area contributed by atoms with Crippen LogP contribution in [0, 0.1) is 0 Å². The van der Waals surface area contributed by atoms with Crippen molar-refractivity contribution in [2.24, 2.45) is 0 Å². The Morgan fingerprint density at radius 3 is 2.67 bits per heavy atom. The van der Waals surface area contributed by atoms with Gasteiger partial charge in [-0.25, -0.2) is 9.97 Å². The van der Waals surface area contributed by atoms with Gasteiger partial charge >= 0.3 is 0 Å². The van der Waals surface area contributed by atoms with Gasteiger partial charge in [-0.3, -0.25) is 4.79 Å². The molecule has 1 amide bonds. The predicted octanol–water partition coefficient (Wildman–Crippen LogP) is 1.56. The summed E-state index contributed by atoms with van der Waals surface area (Å²) >= 11 is 3.09. The van der Waals surface area contributed by atoms with Gasteiger partial charge in [0.15, 0.2) is 5.13 Å². The van der Waals surface area contributed by atoms with Gasteiger partial charge < -0.3 is 9.80 Å². The molecule has 5 nitrogen and oxygen atoms in total. The van der Waals surface area contributed by atoms with Gasteiger partial charge in [-0.05, 0) is 0 Å². The molecule has 1 aliphatic rings. The lowest BCUT2D eigenvalue weighted by molar-refractivity contribution is 0.0741. The normalized spacial score (nSPS) is 16.0.